The summed E-state index contributed by atoms with van der Waals surface area (Å²) in [5.41, 5.74) is 3.39. The van der Waals surface area contributed by atoms with Crippen molar-refractivity contribution in [2.45, 2.75) is 38.1 Å². The van der Waals surface area contributed by atoms with Crippen molar-refractivity contribution in [2.75, 3.05) is 12.8 Å². The van der Waals surface area contributed by atoms with Crippen molar-refractivity contribution in [2.24, 2.45) is 5.16 Å². The van der Waals surface area contributed by atoms with E-state index in [1.54, 1.807) is 0 Å². The van der Waals surface area contributed by atoms with E-state index in [1.807, 2.05) is 0 Å². The van der Waals surface area contributed by atoms with E-state index in [4.69, 9.17) is 15.3 Å². The first kappa shape index (κ1) is 30.8. The predicted molar refractivity (Wildman–Crippen MR) is 139 cm³/mol. The van der Waals surface area contributed by atoms with Gasteiger partial charge in [0, 0.05) is 24.6 Å². The Morgan fingerprint density at radius 1 is 1.29 bits per heavy atom. The maximum atomic E-state index is 13.1. The van der Waals surface area contributed by atoms with Crippen LogP contribution < -0.4 is 16.4 Å². The number of benzene rings is 1. The van der Waals surface area contributed by atoms with Crippen molar-refractivity contribution in [1.29, 1.82) is 0 Å². The molecule has 1 saturated heterocycles. The number of carbonyl (C=O) groups excluding carboxylic acids is 4. The van der Waals surface area contributed by atoms with Crippen molar-refractivity contribution in [3.05, 3.63) is 51.0 Å². The Kier molecular flexibility index (Phi) is 8.89. The van der Waals surface area contributed by atoms with Crippen molar-refractivity contribution in [3.63, 3.8) is 0 Å². The fraction of sp³-hybridized carbons (Fsp3) is 0.333. The average molecular weight is 614 g/mol. The van der Waals surface area contributed by atoms with E-state index in [0.717, 1.165) is 18.4 Å². The van der Waals surface area contributed by atoms with Gasteiger partial charge in [-0.15, -0.1) is 11.3 Å². The fourth-order valence-electron chi connectivity index (χ4n) is 3.31. The number of carbonyl (C=O) groups is 4. The summed E-state index contributed by atoms with van der Waals surface area (Å²) in [6, 6.07) is 1.73. The van der Waals surface area contributed by atoms with Crippen molar-refractivity contribution in [3.8, 4) is 0 Å². The number of β-lactam (4-membered cyclic amide) rings is 1. The number of ether oxygens (including phenoxy) is 1. The third-order valence-corrected chi connectivity index (χ3v) is 7.03. The lowest BCUT2D eigenvalue weighted by atomic mass is 9.97. The molecule has 5 N–H and O–H groups in total. The van der Waals surface area contributed by atoms with E-state index >= 15 is 0 Å². The monoisotopic (exact) mass is 613 g/mol. The van der Waals surface area contributed by atoms with Crippen LogP contribution >= 0.6 is 11.3 Å². The number of likely N-dealkylation sites (N-methyl/N-ethyl adjacent to an activating group) is 1. The summed E-state index contributed by atoms with van der Waals surface area (Å²) in [7, 11) is -3.97. The minimum atomic E-state index is -5.12. The van der Waals surface area contributed by atoms with Crippen LogP contribution in [0.1, 0.15) is 25.1 Å². The Labute approximate surface area is 235 Å². The molecule has 1 aromatic heterocycles. The zero-order chi connectivity index (χ0) is 30.7. The first-order valence-corrected chi connectivity index (χ1v) is 13.6. The summed E-state index contributed by atoms with van der Waals surface area (Å²) < 4.78 is 37.4. The van der Waals surface area contributed by atoms with E-state index in [0.29, 0.717) is 5.56 Å². The Morgan fingerprint density at radius 2 is 1.93 bits per heavy atom. The number of amides is 3. The zero-order valence-electron chi connectivity index (χ0n) is 21.5. The van der Waals surface area contributed by atoms with Crippen molar-refractivity contribution < 1.29 is 46.6 Å². The molecule has 3 amide bonds. The van der Waals surface area contributed by atoms with E-state index < -0.39 is 62.3 Å². The highest BCUT2D eigenvalue weighted by Gasteiger charge is 2.57. The molecule has 18 nitrogen and oxygen atoms in total. The van der Waals surface area contributed by atoms with Crippen LogP contribution in [-0.2, 0) is 45.7 Å². The number of rotatable bonds is 11. The molecule has 3 rings (SSSR count). The van der Waals surface area contributed by atoms with Gasteiger partial charge >= 0.3 is 16.3 Å². The Balaban J connectivity index is 1.78. The molecule has 2 unspecified atom stereocenters. The highest BCUT2D eigenvalue weighted by Crippen LogP contribution is 2.24. The Hall–Kier alpha value is -4.69. The van der Waals surface area contributed by atoms with Crippen LogP contribution in [0.25, 0.3) is 0 Å². The van der Waals surface area contributed by atoms with Crippen LogP contribution in [0.2, 0.25) is 0 Å². The second-order valence-corrected chi connectivity index (χ2v) is 10.9. The second-order valence-electron chi connectivity index (χ2n) is 8.73. The normalized spacial score (nSPS) is 17.3. The molecular formula is C21H23N7O11S2. The largest absolute Gasteiger partial charge is 0.458 e. The number of nitro benzene ring substituents is 1. The van der Waals surface area contributed by atoms with Gasteiger partial charge in [-0.3, -0.25) is 29.1 Å². The quantitative estimate of drug-likeness (QED) is 0.0600. The molecule has 1 aliphatic heterocycles. The summed E-state index contributed by atoms with van der Waals surface area (Å²) in [5.74, 6) is -4.40. The number of hydrogen-bond acceptors (Lipinski definition) is 14. The van der Waals surface area contributed by atoms with E-state index in [9.17, 15) is 42.3 Å². The van der Waals surface area contributed by atoms with Crippen molar-refractivity contribution in [1.82, 2.24) is 19.9 Å². The van der Waals surface area contributed by atoms with Gasteiger partial charge in [-0.2, -0.15) is 12.7 Å². The number of oxime groups is 1. The molecule has 2 aromatic rings. The minimum absolute atomic E-state index is 0.0165. The molecule has 220 valence electrons. The number of non-ortho nitro benzene ring substituents is 1. The Morgan fingerprint density at radius 3 is 2.44 bits per heavy atom. The molecule has 1 aromatic carbocycles. The maximum Gasteiger partial charge on any atom is 0.363 e. The molecule has 1 aliphatic rings. The van der Waals surface area contributed by atoms with Gasteiger partial charge in [-0.1, -0.05) is 5.16 Å². The summed E-state index contributed by atoms with van der Waals surface area (Å²) in [6.07, 6.45) is 0. The first-order valence-electron chi connectivity index (χ1n) is 11.3. The topological polar surface area (TPSA) is 263 Å². The third-order valence-electron chi connectivity index (χ3n) is 5.46. The Bertz CT molecular complexity index is 1520. The van der Waals surface area contributed by atoms with E-state index in [1.165, 1.54) is 43.5 Å². The third kappa shape index (κ3) is 6.91. The molecule has 2 atom stereocenters. The van der Waals surface area contributed by atoms with Gasteiger partial charge in [-0.05, 0) is 31.5 Å². The molecular weight excluding hydrogens is 590 g/mol. The van der Waals surface area contributed by atoms with E-state index in [-0.39, 0.29) is 27.4 Å². The molecule has 2 heterocycles. The number of aromatic nitrogens is 1. The number of nitrogen functional groups attached to an aromatic ring is 1. The average Bonchev–Trinajstić information content (AvgIpc) is 3.33. The van der Waals surface area contributed by atoms with Crippen LogP contribution in [0.4, 0.5) is 10.8 Å². The summed E-state index contributed by atoms with van der Waals surface area (Å²) in [6.45, 7) is 2.26. The predicted octanol–water partition coefficient (Wildman–Crippen LogP) is -0.879. The van der Waals surface area contributed by atoms with Crippen LogP contribution in [0.15, 0.2) is 34.8 Å². The number of nitrogens with two attached hydrogens (primary N) is 1. The van der Waals surface area contributed by atoms with E-state index in [2.05, 4.69) is 20.8 Å². The smallest absolute Gasteiger partial charge is 0.363 e. The second kappa shape index (κ2) is 11.8. The highest BCUT2D eigenvalue weighted by atomic mass is 32.2. The lowest BCUT2D eigenvalue weighted by Gasteiger charge is -2.42. The van der Waals surface area contributed by atoms with Gasteiger partial charge in [-0.25, -0.2) is 9.78 Å². The molecule has 0 saturated carbocycles. The summed E-state index contributed by atoms with van der Waals surface area (Å²) in [5, 5.41) is 20.1. The molecule has 0 bridgehead atoms. The summed E-state index contributed by atoms with van der Waals surface area (Å²) in [4.78, 5) is 69.7. The number of thiazole rings is 1. The molecule has 20 heteroatoms. The number of nitrogens with zero attached hydrogens (tertiary/aromatic N) is 4. The van der Waals surface area contributed by atoms with Crippen LogP contribution in [0.5, 0.6) is 0 Å². The molecule has 0 radical (unpaired) electrons. The fourth-order valence-corrected chi connectivity index (χ4v) is 4.70. The number of anilines is 1. The number of nitro groups is 1. The standard InChI is InChI=1S/C21H23N7O11S2/c1-21(2,19(32)38-8-10-4-6-11(7-5-10)28(33)34)39-26-13(12-9-40-20(22)24-12)16(29)25-14-15(17(30)23-3)27(18(14)31)41(35,36)37/h4-7,9,14-15H,8H2,1-3H3,(H2,22,24)(H,23,30)(H,25,29)(H,35,36,37)/b26-13-. The molecule has 0 aliphatic carbocycles. The lowest BCUT2D eigenvalue weighted by molar-refractivity contribution is -0.384. The molecule has 0 spiro atoms. The van der Waals surface area contributed by atoms with Crippen LogP contribution in [-0.4, -0.2) is 81.3 Å². The maximum absolute atomic E-state index is 13.1. The van der Waals surface area contributed by atoms with Crippen LogP contribution in [0, 0.1) is 10.1 Å². The highest BCUT2D eigenvalue weighted by molar-refractivity contribution is 7.84. The van der Waals surface area contributed by atoms with Crippen LogP contribution in [0.3, 0.4) is 0 Å². The summed E-state index contributed by atoms with van der Waals surface area (Å²) >= 11 is 0.915. The van der Waals surface area contributed by atoms with Crippen molar-refractivity contribution >= 4 is 61.9 Å². The van der Waals surface area contributed by atoms with Gasteiger partial charge in [0.05, 0.1) is 4.92 Å². The SMILES string of the molecule is CNC(=O)C1C(NC(=O)/C(=N\OC(C)(C)C(=O)OCc2ccc([N+](=O)[O-])cc2)c2csc(N)n2)C(=O)N1S(=O)(=O)O. The van der Waals surface area contributed by atoms with Gasteiger partial charge < -0.3 is 25.9 Å². The minimum Gasteiger partial charge on any atom is -0.458 e. The number of nitrogens with one attached hydrogen (secondary N) is 2. The van der Waals surface area contributed by atoms with Gasteiger partial charge in [0.2, 0.25) is 11.5 Å². The number of hydrogen-bond donors (Lipinski definition) is 4. The number of esters is 1. The first-order chi connectivity index (χ1) is 19.1. The molecule has 1 fully saturated rings. The van der Waals surface area contributed by atoms with Gasteiger partial charge in [0.1, 0.15) is 18.3 Å². The molecule has 41 heavy (non-hydrogen) atoms. The lowest BCUT2D eigenvalue weighted by Crippen LogP contribution is -2.76. The van der Waals surface area contributed by atoms with Gasteiger partial charge in [0.15, 0.2) is 16.9 Å². The zero-order valence-corrected chi connectivity index (χ0v) is 23.1. The van der Waals surface area contributed by atoms with Gasteiger partial charge in [0.25, 0.3) is 17.5 Å².